The van der Waals surface area contributed by atoms with Crippen molar-refractivity contribution in [3.63, 3.8) is 0 Å². The molecule has 0 bridgehead atoms. The second-order valence-electron chi connectivity index (χ2n) is 7.39. The molecule has 164 valence electrons. The Morgan fingerprint density at radius 1 is 1.33 bits per heavy atom. The zero-order valence-electron chi connectivity index (χ0n) is 16.5. The van der Waals surface area contributed by atoms with E-state index in [1.54, 1.807) is 29.9 Å². The average Bonchev–Trinajstić information content (AvgIpc) is 3.04. The van der Waals surface area contributed by atoms with Gasteiger partial charge in [0.05, 0.1) is 22.8 Å². The van der Waals surface area contributed by atoms with Crippen LogP contribution in [0.2, 0.25) is 5.02 Å². The van der Waals surface area contributed by atoms with Crippen LogP contribution in [0.3, 0.4) is 0 Å². The van der Waals surface area contributed by atoms with Crippen LogP contribution in [0.25, 0.3) is 11.3 Å². The third-order valence-corrected chi connectivity index (χ3v) is 5.61. The predicted molar refractivity (Wildman–Crippen MR) is 108 cm³/mol. The lowest BCUT2D eigenvalue weighted by Crippen LogP contribution is -2.32. The molecule has 0 radical (unpaired) electrons. The first-order valence-electron chi connectivity index (χ1n) is 9.73. The summed E-state index contributed by atoms with van der Waals surface area (Å²) in [4.78, 5) is 12.6. The van der Waals surface area contributed by atoms with Gasteiger partial charge in [-0.2, -0.15) is 18.3 Å². The van der Waals surface area contributed by atoms with E-state index in [0.717, 1.165) is 0 Å². The molecule has 1 fully saturated rings. The van der Waals surface area contributed by atoms with Crippen LogP contribution >= 0.6 is 11.6 Å². The van der Waals surface area contributed by atoms with E-state index in [1.807, 2.05) is 0 Å². The number of nitrogens with two attached hydrogens (primary N) is 1. The Hall–Kier alpha value is -2.26. The Bertz CT molecular complexity index is 873. The normalized spacial score (nSPS) is 19.5. The number of rotatable bonds is 6. The first-order valence-corrected chi connectivity index (χ1v) is 10.1. The first-order chi connectivity index (χ1) is 14.2. The van der Waals surface area contributed by atoms with E-state index in [-0.39, 0.29) is 31.6 Å². The fourth-order valence-electron chi connectivity index (χ4n) is 3.73. The van der Waals surface area contributed by atoms with Crippen molar-refractivity contribution in [2.45, 2.75) is 31.9 Å². The molecule has 2 aromatic rings. The van der Waals surface area contributed by atoms with Crippen LogP contribution in [-0.4, -0.2) is 35.0 Å². The topological polar surface area (TPSA) is 82.2 Å². The lowest BCUT2D eigenvalue weighted by molar-refractivity contribution is -0.184. The standard InChI is InChI=1S/C20H24ClF3N4O2/c1-28-18(16(21)11-26-28)15-10-14(6-7-17(15)30-9-8-25)27-19(29)12-2-4-13(5-3-12)20(22,23)24/h6-7,10-13H,2-5,8-9,25H2,1H3,(H,27,29). The number of aromatic nitrogens is 2. The number of nitrogens with zero attached hydrogens (tertiary/aromatic N) is 2. The number of anilines is 1. The summed E-state index contributed by atoms with van der Waals surface area (Å²) in [6.07, 6.45) is -2.30. The summed E-state index contributed by atoms with van der Waals surface area (Å²) < 4.78 is 45.8. The van der Waals surface area contributed by atoms with Gasteiger partial charge in [-0.1, -0.05) is 11.6 Å². The molecule has 1 aliphatic rings. The summed E-state index contributed by atoms with van der Waals surface area (Å²) >= 11 is 6.27. The second kappa shape index (κ2) is 9.26. The monoisotopic (exact) mass is 444 g/mol. The number of alkyl halides is 3. The highest BCUT2D eigenvalue weighted by Crippen LogP contribution is 2.40. The van der Waals surface area contributed by atoms with Crippen LogP contribution in [0.15, 0.2) is 24.4 Å². The Morgan fingerprint density at radius 2 is 2.03 bits per heavy atom. The molecule has 1 amide bonds. The maximum atomic E-state index is 12.8. The largest absolute Gasteiger partial charge is 0.492 e. The van der Waals surface area contributed by atoms with Crippen molar-refractivity contribution < 1.29 is 22.7 Å². The summed E-state index contributed by atoms with van der Waals surface area (Å²) in [6.45, 7) is 0.633. The van der Waals surface area contributed by atoms with E-state index < -0.39 is 18.0 Å². The number of aryl methyl sites for hydroxylation is 1. The van der Waals surface area contributed by atoms with Gasteiger partial charge in [-0.25, -0.2) is 0 Å². The molecule has 1 aromatic carbocycles. The first kappa shape index (κ1) is 22.4. The van der Waals surface area contributed by atoms with Crippen molar-refractivity contribution in [3.8, 4) is 17.0 Å². The second-order valence-corrected chi connectivity index (χ2v) is 7.80. The molecule has 3 N–H and O–H groups in total. The molecule has 1 aliphatic carbocycles. The minimum atomic E-state index is -4.20. The van der Waals surface area contributed by atoms with Crippen LogP contribution in [0, 0.1) is 11.8 Å². The summed E-state index contributed by atoms with van der Waals surface area (Å²) in [5, 5.41) is 7.37. The van der Waals surface area contributed by atoms with E-state index in [9.17, 15) is 18.0 Å². The molecule has 30 heavy (non-hydrogen) atoms. The molecule has 0 atom stereocenters. The molecule has 10 heteroatoms. The Balaban J connectivity index is 1.77. The molecule has 1 aromatic heterocycles. The van der Waals surface area contributed by atoms with E-state index in [4.69, 9.17) is 22.1 Å². The molecule has 3 rings (SSSR count). The maximum absolute atomic E-state index is 12.8. The highest BCUT2D eigenvalue weighted by molar-refractivity contribution is 6.33. The fraction of sp³-hybridized carbons (Fsp3) is 0.500. The van der Waals surface area contributed by atoms with Gasteiger partial charge < -0.3 is 15.8 Å². The van der Waals surface area contributed by atoms with Crippen molar-refractivity contribution in [1.82, 2.24) is 9.78 Å². The Kier molecular flexibility index (Phi) is 6.92. The van der Waals surface area contributed by atoms with Gasteiger partial charge in [0.2, 0.25) is 5.91 Å². The lowest BCUT2D eigenvalue weighted by atomic mass is 9.81. The molecule has 6 nitrogen and oxygen atoms in total. The molecular formula is C20H24ClF3N4O2. The van der Waals surface area contributed by atoms with Crippen LogP contribution in [0.4, 0.5) is 18.9 Å². The molecule has 0 saturated heterocycles. The van der Waals surface area contributed by atoms with Gasteiger partial charge in [0.1, 0.15) is 12.4 Å². The smallest absolute Gasteiger partial charge is 0.391 e. The van der Waals surface area contributed by atoms with Gasteiger partial charge in [0.25, 0.3) is 0 Å². The predicted octanol–water partition coefficient (Wildman–Crippen LogP) is 4.39. The summed E-state index contributed by atoms with van der Waals surface area (Å²) in [7, 11) is 1.73. The summed E-state index contributed by atoms with van der Waals surface area (Å²) in [6, 6.07) is 5.09. The SMILES string of the molecule is Cn1ncc(Cl)c1-c1cc(NC(=O)C2CCC(C(F)(F)F)CC2)ccc1OCCN. The average molecular weight is 445 g/mol. The molecule has 1 heterocycles. The van der Waals surface area contributed by atoms with Crippen molar-refractivity contribution in [1.29, 1.82) is 0 Å². The highest BCUT2D eigenvalue weighted by Gasteiger charge is 2.42. The van der Waals surface area contributed by atoms with E-state index in [1.165, 1.54) is 6.20 Å². The number of ether oxygens (including phenoxy) is 1. The Labute approximate surface area is 177 Å². The van der Waals surface area contributed by atoms with Gasteiger partial charge in [0, 0.05) is 30.8 Å². The van der Waals surface area contributed by atoms with Gasteiger partial charge >= 0.3 is 6.18 Å². The summed E-state index contributed by atoms with van der Waals surface area (Å²) in [5.74, 6) is -1.51. The van der Waals surface area contributed by atoms with Gasteiger partial charge in [-0.15, -0.1) is 0 Å². The van der Waals surface area contributed by atoms with Crippen molar-refractivity contribution in [3.05, 3.63) is 29.4 Å². The number of hydrogen-bond donors (Lipinski definition) is 2. The third kappa shape index (κ3) is 5.07. The zero-order chi connectivity index (χ0) is 21.9. The van der Waals surface area contributed by atoms with Crippen LogP contribution in [0.1, 0.15) is 25.7 Å². The van der Waals surface area contributed by atoms with E-state index in [2.05, 4.69) is 10.4 Å². The number of amides is 1. The Morgan fingerprint density at radius 3 is 2.60 bits per heavy atom. The quantitative estimate of drug-likeness (QED) is 0.692. The van der Waals surface area contributed by atoms with Gasteiger partial charge in [-0.3, -0.25) is 9.48 Å². The van der Waals surface area contributed by atoms with E-state index >= 15 is 0 Å². The summed E-state index contributed by atoms with van der Waals surface area (Å²) in [5.41, 5.74) is 7.28. The van der Waals surface area contributed by atoms with Crippen LogP contribution in [-0.2, 0) is 11.8 Å². The van der Waals surface area contributed by atoms with Crippen molar-refractivity contribution in [2.24, 2.45) is 24.6 Å². The molecule has 1 saturated carbocycles. The van der Waals surface area contributed by atoms with Crippen molar-refractivity contribution >= 4 is 23.2 Å². The van der Waals surface area contributed by atoms with Crippen LogP contribution < -0.4 is 15.8 Å². The fourth-order valence-corrected chi connectivity index (χ4v) is 4.00. The minimum absolute atomic E-state index is 0.0245. The maximum Gasteiger partial charge on any atom is 0.391 e. The number of nitrogens with one attached hydrogen (secondary N) is 1. The minimum Gasteiger partial charge on any atom is -0.492 e. The molecule has 0 unspecified atom stereocenters. The van der Waals surface area contributed by atoms with Crippen LogP contribution in [0.5, 0.6) is 5.75 Å². The lowest BCUT2D eigenvalue weighted by Gasteiger charge is -2.29. The highest BCUT2D eigenvalue weighted by atomic mass is 35.5. The number of hydrogen-bond acceptors (Lipinski definition) is 4. The third-order valence-electron chi connectivity index (χ3n) is 5.33. The van der Waals surface area contributed by atoms with Gasteiger partial charge in [0.15, 0.2) is 0 Å². The van der Waals surface area contributed by atoms with Crippen molar-refractivity contribution in [2.75, 3.05) is 18.5 Å². The van der Waals surface area contributed by atoms with Gasteiger partial charge in [-0.05, 0) is 43.9 Å². The molecule has 0 spiro atoms. The number of carbonyl (C=O) groups is 1. The molecular weight excluding hydrogens is 421 g/mol. The number of halogens is 4. The molecule has 0 aliphatic heterocycles. The van der Waals surface area contributed by atoms with E-state index in [0.29, 0.717) is 40.9 Å². The zero-order valence-corrected chi connectivity index (χ0v) is 17.3. The number of benzene rings is 1. The number of carbonyl (C=O) groups excluding carboxylic acids is 1.